The molecule has 1 aromatic carbocycles. The van der Waals surface area contributed by atoms with Crippen molar-refractivity contribution < 1.29 is 4.92 Å². The molecule has 0 radical (unpaired) electrons. The monoisotopic (exact) mass is 285 g/mol. The fraction of sp³-hybridized carbons (Fsp3) is 0.286. The van der Waals surface area contributed by atoms with Crippen LogP contribution in [-0.2, 0) is 12.8 Å². The van der Waals surface area contributed by atoms with Crippen LogP contribution in [0.1, 0.15) is 16.8 Å². The number of nitrogens with zero attached hydrogens (tertiary/aromatic N) is 3. The summed E-state index contributed by atoms with van der Waals surface area (Å²) in [6, 6.07) is 8.22. The number of hydrogen-bond donors (Lipinski definition) is 2. The van der Waals surface area contributed by atoms with E-state index in [9.17, 15) is 10.1 Å². The number of hydrogen-bond acceptors (Lipinski definition) is 6. The summed E-state index contributed by atoms with van der Waals surface area (Å²) in [6.07, 6.45) is 1.63. The Bertz CT molecular complexity index is 692. The van der Waals surface area contributed by atoms with Gasteiger partial charge in [0.25, 0.3) is 0 Å². The Labute approximate surface area is 121 Å². The fourth-order valence-electron chi connectivity index (χ4n) is 2.76. The van der Waals surface area contributed by atoms with E-state index in [1.165, 1.54) is 11.1 Å². The van der Waals surface area contributed by atoms with Gasteiger partial charge in [-0.1, -0.05) is 24.3 Å². The Kier molecular flexibility index (Phi) is 3.17. The van der Waals surface area contributed by atoms with Gasteiger partial charge in [0.1, 0.15) is 5.69 Å². The van der Waals surface area contributed by atoms with Crippen LogP contribution in [-0.4, -0.2) is 20.9 Å². The van der Waals surface area contributed by atoms with Crippen molar-refractivity contribution in [2.45, 2.75) is 25.8 Å². The summed E-state index contributed by atoms with van der Waals surface area (Å²) in [5.41, 5.74) is 8.28. The van der Waals surface area contributed by atoms with Crippen LogP contribution >= 0.6 is 0 Å². The molecule has 2 aromatic rings. The van der Waals surface area contributed by atoms with Gasteiger partial charge in [-0.2, -0.15) is 4.98 Å². The molecule has 1 aliphatic rings. The van der Waals surface area contributed by atoms with Gasteiger partial charge in [0.2, 0.25) is 11.8 Å². The van der Waals surface area contributed by atoms with E-state index in [1.54, 1.807) is 6.92 Å². The van der Waals surface area contributed by atoms with Crippen molar-refractivity contribution in [3.63, 3.8) is 0 Å². The molecule has 7 heteroatoms. The van der Waals surface area contributed by atoms with Gasteiger partial charge < -0.3 is 11.1 Å². The number of anilines is 2. The Morgan fingerprint density at radius 1 is 1.29 bits per heavy atom. The molecule has 1 aromatic heterocycles. The van der Waals surface area contributed by atoms with E-state index in [-0.39, 0.29) is 29.2 Å². The van der Waals surface area contributed by atoms with Crippen molar-refractivity contribution in [2.75, 3.05) is 11.1 Å². The third-order valence-corrected chi connectivity index (χ3v) is 3.65. The molecule has 0 saturated carbocycles. The molecular weight excluding hydrogens is 270 g/mol. The van der Waals surface area contributed by atoms with Crippen LogP contribution in [0.25, 0.3) is 0 Å². The maximum Gasteiger partial charge on any atom is 0.332 e. The predicted octanol–water partition coefficient (Wildman–Crippen LogP) is 1.85. The van der Waals surface area contributed by atoms with Crippen molar-refractivity contribution in [2.24, 2.45) is 0 Å². The molecule has 108 valence electrons. The molecule has 0 atom stereocenters. The lowest BCUT2D eigenvalue weighted by molar-refractivity contribution is -0.385. The quantitative estimate of drug-likeness (QED) is 0.658. The van der Waals surface area contributed by atoms with Gasteiger partial charge in [-0.15, -0.1) is 0 Å². The SMILES string of the molecule is Cc1nc(N)nc(NC2Cc3ccccc3C2)c1[N+](=O)[O-]. The van der Waals surface area contributed by atoms with E-state index < -0.39 is 4.92 Å². The van der Waals surface area contributed by atoms with Crippen LogP contribution in [0.4, 0.5) is 17.5 Å². The van der Waals surface area contributed by atoms with E-state index in [4.69, 9.17) is 5.73 Å². The highest BCUT2D eigenvalue weighted by atomic mass is 16.6. The summed E-state index contributed by atoms with van der Waals surface area (Å²) in [7, 11) is 0. The van der Waals surface area contributed by atoms with E-state index in [0.29, 0.717) is 0 Å². The Hall–Kier alpha value is -2.70. The lowest BCUT2D eigenvalue weighted by Crippen LogP contribution is -2.22. The average molecular weight is 285 g/mol. The van der Waals surface area contributed by atoms with E-state index >= 15 is 0 Å². The molecule has 0 unspecified atom stereocenters. The maximum absolute atomic E-state index is 11.2. The zero-order valence-electron chi connectivity index (χ0n) is 11.5. The second-order valence-electron chi connectivity index (χ2n) is 5.14. The summed E-state index contributed by atoms with van der Waals surface area (Å²) in [4.78, 5) is 18.6. The molecule has 0 spiro atoms. The highest BCUT2D eigenvalue weighted by Gasteiger charge is 2.27. The van der Waals surface area contributed by atoms with Gasteiger partial charge in [0.15, 0.2) is 0 Å². The number of benzene rings is 1. The third-order valence-electron chi connectivity index (χ3n) is 3.65. The first-order valence-corrected chi connectivity index (χ1v) is 6.66. The highest BCUT2D eigenvalue weighted by Crippen LogP contribution is 2.29. The lowest BCUT2D eigenvalue weighted by Gasteiger charge is -2.13. The standard InChI is InChI=1S/C14H15N5O2/c1-8-12(19(20)21)13(18-14(15)16-8)17-11-6-9-4-2-3-5-10(9)7-11/h2-5,11H,6-7H2,1H3,(H3,15,16,17,18). The Morgan fingerprint density at radius 3 is 2.48 bits per heavy atom. The molecule has 0 amide bonds. The predicted molar refractivity (Wildman–Crippen MR) is 79.1 cm³/mol. The van der Waals surface area contributed by atoms with Crippen LogP contribution in [0.2, 0.25) is 0 Å². The first-order chi connectivity index (χ1) is 10.0. The van der Waals surface area contributed by atoms with Crippen molar-refractivity contribution in [1.82, 2.24) is 9.97 Å². The molecule has 0 saturated heterocycles. The minimum atomic E-state index is -0.473. The lowest BCUT2D eigenvalue weighted by atomic mass is 10.1. The van der Waals surface area contributed by atoms with E-state index in [2.05, 4.69) is 27.4 Å². The number of aryl methyl sites for hydroxylation is 1. The minimum absolute atomic E-state index is 0.0381. The van der Waals surface area contributed by atoms with Gasteiger partial charge in [0, 0.05) is 6.04 Å². The van der Waals surface area contributed by atoms with Gasteiger partial charge in [-0.3, -0.25) is 10.1 Å². The van der Waals surface area contributed by atoms with Crippen molar-refractivity contribution >= 4 is 17.5 Å². The number of nitro groups is 1. The van der Waals surface area contributed by atoms with Crippen LogP contribution in [0.5, 0.6) is 0 Å². The number of nitrogens with one attached hydrogen (secondary N) is 1. The van der Waals surface area contributed by atoms with Gasteiger partial charge in [0.05, 0.1) is 4.92 Å². The summed E-state index contributed by atoms with van der Waals surface area (Å²) in [6.45, 7) is 1.56. The van der Waals surface area contributed by atoms with Crippen LogP contribution in [0.3, 0.4) is 0 Å². The summed E-state index contributed by atoms with van der Waals surface area (Å²) < 4.78 is 0. The normalized spacial score (nSPS) is 14.0. The topological polar surface area (TPSA) is 107 Å². The Balaban J connectivity index is 1.88. The number of nitrogen functional groups attached to an aromatic ring is 1. The molecule has 0 aliphatic heterocycles. The van der Waals surface area contributed by atoms with Gasteiger partial charge in [-0.05, 0) is 30.9 Å². The molecule has 3 rings (SSSR count). The average Bonchev–Trinajstić information content (AvgIpc) is 2.79. The van der Waals surface area contributed by atoms with Gasteiger partial charge >= 0.3 is 5.69 Å². The molecule has 0 bridgehead atoms. The number of fused-ring (bicyclic) bond motifs is 1. The molecule has 3 N–H and O–H groups in total. The molecule has 21 heavy (non-hydrogen) atoms. The van der Waals surface area contributed by atoms with E-state index in [1.807, 2.05) is 12.1 Å². The van der Waals surface area contributed by atoms with E-state index in [0.717, 1.165) is 12.8 Å². The number of rotatable bonds is 3. The molecule has 1 heterocycles. The molecule has 7 nitrogen and oxygen atoms in total. The summed E-state index contributed by atoms with van der Waals surface area (Å²) in [5, 5.41) is 14.3. The Morgan fingerprint density at radius 2 is 1.90 bits per heavy atom. The second kappa shape index (κ2) is 5.01. The zero-order valence-corrected chi connectivity index (χ0v) is 11.5. The third kappa shape index (κ3) is 2.49. The molecule has 1 aliphatic carbocycles. The molecule has 0 fully saturated rings. The van der Waals surface area contributed by atoms with Crippen LogP contribution in [0.15, 0.2) is 24.3 Å². The smallest absolute Gasteiger partial charge is 0.332 e. The number of aromatic nitrogens is 2. The summed E-state index contributed by atoms with van der Waals surface area (Å²) in [5.74, 6) is 0.235. The number of nitrogens with two attached hydrogens (primary N) is 1. The van der Waals surface area contributed by atoms with Crippen molar-refractivity contribution in [3.8, 4) is 0 Å². The van der Waals surface area contributed by atoms with Gasteiger partial charge in [-0.25, -0.2) is 4.98 Å². The first kappa shape index (κ1) is 13.3. The zero-order chi connectivity index (χ0) is 15.0. The largest absolute Gasteiger partial charge is 0.368 e. The fourth-order valence-corrected chi connectivity index (χ4v) is 2.76. The highest BCUT2D eigenvalue weighted by molar-refractivity contribution is 5.61. The minimum Gasteiger partial charge on any atom is -0.368 e. The maximum atomic E-state index is 11.2. The first-order valence-electron chi connectivity index (χ1n) is 6.66. The molecular formula is C14H15N5O2. The van der Waals surface area contributed by atoms with Crippen LogP contribution in [0, 0.1) is 17.0 Å². The second-order valence-corrected chi connectivity index (χ2v) is 5.14. The van der Waals surface area contributed by atoms with Crippen molar-refractivity contribution in [1.29, 1.82) is 0 Å². The summed E-state index contributed by atoms with van der Waals surface area (Å²) >= 11 is 0. The van der Waals surface area contributed by atoms with Crippen LogP contribution < -0.4 is 11.1 Å². The van der Waals surface area contributed by atoms with Crippen molar-refractivity contribution in [3.05, 3.63) is 51.2 Å².